The smallest absolute Gasteiger partial charge is 0.325 e. The molecule has 0 spiro atoms. The Hall–Kier alpha value is -2.32. The average molecular weight is 469 g/mol. The Kier molecular flexibility index (Phi) is 6.81. The zero-order chi connectivity index (χ0) is 22.9. The fraction of sp³-hybridized carbons (Fsp3) is 0.524. The molecule has 6 amide bonds. The Bertz CT molecular complexity index is 925. The lowest BCUT2D eigenvalue weighted by Crippen LogP contribution is -2.51. The van der Waals surface area contributed by atoms with Gasteiger partial charge in [-0.25, -0.2) is 9.59 Å². The van der Waals surface area contributed by atoms with Crippen molar-refractivity contribution in [2.24, 2.45) is 11.8 Å². The van der Waals surface area contributed by atoms with E-state index < -0.39 is 36.0 Å². The number of nitrogens with one attached hydrogen (secondary N) is 3. The maximum absolute atomic E-state index is 13.0. The lowest BCUT2D eigenvalue weighted by Gasteiger charge is -2.34. The van der Waals surface area contributed by atoms with Crippen LogP contribution in [0.25, 0.3) is 0 Å². The van der Waals surface area contributed by atoms with Gasteiger partial charge in [0.2, 0.25) is 5.91 Å². The molecule has 0 radical (unpaired) electrons. The highest BCUT2D eigenvalue weighted by atomic mass is 35.5. The summed E-state index contributed by atoms with van der Waals surface area (Å²) in [7, 11) is 0. The van der Waals surface area contributed by atoms with Crippen molar-refractivity contribution in [3.8, 4) is 0 Å². The van der Waals surface area contributed by atoms with Gasteiger partial charge in [0.1, 0.15) is 12.1 Å². The molecule has 1 aliphatic heterocycles. The van der Waals surface area contributed by atoms with Crippen molar-refractivity contribution in [1.29, 1.82) is 0 Å². The topological polar surface area (TPSA) is 108 Å². The number of benzene rings is 1. The summed E-state index contributed by atoms with van der Waals surface area (Å²) in [5, 5.41) is 8.21. The molecule has 2 aliphatic rings. The van der Waals surface area contributed by atoms with Crippen LogP contribution >= 0.6 is 23.2 Å². The number of amides is 6. The fourth-order valence-electron chi connectivity index (χ4n) is 4.22. The third-order valence-electron chi connectivity index (χ3n) is 6.32. The molecular weight excluding hydrogens is 443 g/mol. The molecule has 8 nitrogen and oxygen atoms in total. The van der Waals surface area contributed by atoms with Crippen molar-refractivity contribution in [2.75, 3.05) is 6.54 Å². The molecule has 0 aromatic heterocycles. The van der Waals surface area contributed by atoms with Crippen molar-refractivity contribution in [1.82, 2.24) is 20.9 Å². The van der Waals surface area contributed by atoms with E-state index in [-0.39, 0.29) is 11.1 Å². The average Bonchev–Trinajstić information content (AvgIpc) is 2.89. The molecular formula is C21H26Cl2N4O4. The molecule has 1 saturated heterocycles. The standard InChI is InChI=1S/C21H26Cl2N4O4/c1-11-5-4-6-16(12(11)2)24-19(30)25-17(28)10-27-18(29)21(3,26-20(27)31)14-8-7-13(22)9-15(14)23/h7-9,11-12,16H,4-6,10H2,1-3H3,(H,26,31)(H2,24,25,28,30)/t11-,12+,16+,21-/m1/s1. The Balaban J connectivity index is 1.63. The van der Waals surface area contributed by atoms with Gasteiger partial charge in [-0.1, -0.05) is 56.0 Å². The van der Waals surface area contributed by atoms with E-state index in [1.54, 1.807) is 12.1 Å². The van der Waals surface area contributed by atoms with Gasteiger partial charge in [-0.2, -0.15) is 0 Å². The predicted molar refractivity (Wildman–Crippen MR) is 117 cm³/mol. The number of carbonyl (C=O) groups is 4. The number of imide groups is 2. The van der Waals surface area contributed by atoms with Crippen LogP contribution in [0.4, 0.5) is 9.59 Å². The Morgan fingerprint density at radius 3 is 2.61 bits per heavy atom. The molecule has 0 bridgehead atoms. The minimum absolute atomic E-state index is 0.0244. The van der Waals surface area contributed by atoms with Gasteiger partial charge in [-0.15, -0.1) is 0 Å². The van der Waals surface area contributed by atoms with Crippen molar-refractivity contribution in [2.45, 2.75) is 51.6 Å². The van der Waals surface area contributed by atoms with Crippen LogP contribution in [-0.2, 0) is 15.1 Å². The van der Waals surface area contributed by atoms with E-state index >= 15 is 0 Å². The van der Waals surface area contributed by atoms with Gasteiger partial charge in [0.25, 0.3) is 5.91 Å². The normalized spacial score (nSPS) is 28.3. The first-order valence-electron chi connectivity index (χ1n) is 10.2. The third-order valence-corrected chi connectivity index (χ3v) is 6.87. The predicted octanol–water partition coefficient (Wildman–Crippen LogP) is 3.41. The SMILES string of the molecule is C[C@H]1[C@H](C)CCC[C@@H]1NC(=O)NC(=O)CN1C(=O)N[C@](C)(c2ccc(Cl)cc2Cl)C1=O. The van der Waals surface area contributed by atoms with Crippen LogP contribution in [-0.4, -0.2) is 41.4 Å². The van der Waals surface area contributed by atoms with Crippen LogP contribution in [0.5, 0.6) is 0 Å². The molecule has 31 heavy (non-hydrogen) atoms. The molecule has 3 rings (SSSR count). The molecule has 1 aromatic carbocycles. The molecule has 168 valence electrons. The van der Waals surface area contributed by atoms with Crippen LogP contribution in [0.3, 0.4) is 0 Å². The molecule has 1 saturated carbocycles. The minimum Gasteiger partial charge on any atom is -0.335 e. The van der Waals surface area contributed by atoms with Gasteiger partial charge < -0.3 is 10.6 Å². The lowest BCUT2D eigenvalue weighted by molar-refractivity contribution is -0.134. The Labute approximate surface area is 191 Å². The number of nitrogens with zero attached hydrogens (tertiary/aromatic N) is 1. The van der Waals surface area contributed by atoms with Crippen LogP contribution < -0.4 is 16.0 Å². The highest BCUT2D eigenvalue weighted by molar-refractivity contribution is 6.35. The fourth-order valence-corrected chi connectivity index (χ4v) is 4.82. The summed E-state index contributed by atoms with van der Waals surface area (Å²) >= 11 is 12.1. The van der Waals surface area contributed by atoms with E-state index in [4.69, 9.17) is 23.2 Å². The molecule has 1 aliphatic carbocycles. The van der Waals surface area contributed by atoms with Gasteiger partial charge in [-0.05, 0) is 37.3 Å². The van der Waals surface area contributed by atoms with Crippen LogP contribution in [0.1, 0.15) is 45.6 Å². The first kappa shape index (κ1) is 23.3. The van der Waals surface area contributed by atoms with Crippen molar-refractivity contribution in [3.05, 3.63) is 33.8 Å². The molecule has 4 atom stereocenters. The summed E-state index contributed by atoms with van der Waals surface area (Å²) in [4.78, 5) is 50.8. The van der Waals surface area contributed by atoms with E-state index in [1.165, 1.54) is 13.0 Å². The van der Waals surface area contributed by atoms with E-state index in [2.05, 4.69) is 29.8 Å². The number of urea groups is 2. The van der Waals surface area contributed by atoms with E-state index in [9.17, 15) is 19.2 Å². The number of hydrogen-bond acceptors (Lipinski definition) is 4. The second kappa shape index (κ2) is 9.04. The molecule has 3 N–H and O–H groups in total. The second-order valence-corrected chi connectivity index (χ2v) is 9.31. The first-order valence-corrected chi connectivity index (χ1v) is 11.0. The van der Waals surface area contributed by atoms with Gasteiger partial charge in [0.05, 0.1) is 0 Å². The summed E-state index contributed by atoms with van der Waals surface area (Å²) in [6.07, 6.45) is 2.97. The number of hydrogen-bond donors (Lipinski definition) is 3. The monoisotopic (exact) mass is 468 g/mol. The largest absolute Gasteiger partial charge is 0.335 e. The summed E-state index contributed by atoms with van der Waals surface area (Å²) in [6.45, 7) is 5.13. The van der Waals surface area contributed by atoms with Crippen molar-refractivity contribution < 1.29 is 19.2 Å². The Morgan fingerprint density at radius 1 is 1.23 bits per heavy atom. The summed E-state index contributed by atoms with van der Waals surface area (Å²) in [6, 6.07) is 3.17. The van der Waals surface area contributed by atoms with Gasteiger partial charge in [-0.3, -0.25) is 19.8 Å². The number of halogens is 2. The van der Waals surface area contributed by atoms with E-state index in [1.807, 2.05) is 0 Å². The number of carbonyl (C=O) groups excluding carboxylic acids is 4. The summed E-state index contributed by atoms with van der Waals surface area (Å²) < 4.78 is 0. The van der Waals surface area contributed by atoms with Crippen LogP contribution in [0.2, 0.25) is 10.0 Å². The Morgan fingerprint density at radius 2 is 1.94 bits per heavy atom. The second-order valence-electron chi connectivity index (χ2n) is 8.47. The highest BCUT2D eigenvalue weighted by Gasteiger charge is 2.50. The van der Waals surface area contributed by atoms with Crippen LogP contribution in [0, 0.1) is 11.8 Å². The highest BCUT2D eigenvalue weighted by Crippen LogP contribution is 2.35. The van der Waals surface area contributed by atoms with Crippen molar-refractivity contribution in [3.63, 3.8) is 0 Å². The van der Waals surface area contributed by atoms with Gasteiger partial charge in [0, 0.05) is 21.7 Å². The van der Waals surface area contributed by atoms with E-state index in [0.29, 0.717) is 22.4 Å². The molecule has 10 heteroatoms. The van der Waals surface area contributed by atoms with Crippen molar-refractivity contribution >= 4 is 47.1 Å². The zero-order valence-corrected chi connectivity index (χ0v) is 19.1. The molecule has 1 aromatic rings. The third kappa shape index (κ3) is 4.80. The van der Waals surface area contributed by atoms with E-state index in [0.717, 1.165) is 24.2 Å². The van der Waals surface area contributed by atoms with Gasteiger partial charge >= 0.3 is 12.1 Å². The molecule has 2 fully saturated rings. The summed E-state index contributed by atoms with van der Waals surface area (Å²) in [5.41, 5.74) is -1.09. The maximum atomic E-state index is 13.0. The lowest BCUT2D eigenvalue weighted by atomic mass is 9.78. The maximum Gasteiger partial charge on any atom is 0.325 e. The minimum atomic E-state index is -1.45. The van der Waals surface area contributed by atoms with Gasteiger partial charge in [0.15, 0.2) is 0 Å². The summed E-state index contributed by atoms with van der Waals surface area (Å²) in [5.74, 6) is -0.626. The number of rotatable bonds is 4. The quantitative estimate of drug-likeness (QED) is 0.588. The first-order chi connectivity index (χ1) is 14.5. The van der Waals surface area contributed by atoms with Crippen LogP contribution in [0.15, 0.2) is 18.2 Å². The molecule has 0 unspecified atom stereocenters. The zero-order valence-electron chi connectivity index (χ0n) is 17.6. The molecule has 1 heterocycles.